The summed E-state index contributed by atoms with van der Waals surface area (Å²) in [5, 5.41) is 7.56. The summed E-state index contributed by atoms with van der Waals surface area (Å²) in [6.07, 6.45) is 2.05. The van der Waals surface area contributed by atoms with Gasteiger partial charge in [0, 0.05) is 30.0 Å². The minimum Gasteiger partial charge on any atom is -0.348 e. The first-order chi connectivity index (χ1) is 11.2. The largest absolute Gasteiger partial charge is 0.348 e. The number of fused-ring (bicyclic) bond motifs is 1. The molecule has 0 unspecified atom stereocenters. The van der Waals surface area contributed by atoms with E-state index in [0.717, 1.165) is 23.3 Å². The minimum atomic E-state index is -0.228. The van der Waals surface area contributed by atoms with Gasteiger partial charge in [-0.1, -0.05) is 29.8 Å². The van der Waals surface area contributed by atoms with Gasteiger partial charge in [-0.05, 0) is 48.2 Å². The molecule has 1 heterocycles. The van der Waals surface area contributed by atoms with E-state index in [0.29, 0.717) is 11.6 Å². The number of nitrogens with zero attached hydrogens (tertiary/aromatic N) is 1. The Morgan fingerprint density at radius 2 is 1.91 bits per heavy atom. The number of halogens is 1. The molecular formula is C18H18ClN3O. The van der Waals surface area contributed by atoms with Crippen LogP contribution in [0.5, 0.6) is 0 Å². The SMILES string of the molecule is CCn1ccc2ccc(NC(=O)NCc3ccc(Cl)cc3)cc21. The molecule has 4 nitrogen and oxygen atoms in total. The Morgan fingerprint density at radius 1 is 1.13 bits per heavy atom. The van der Waals surface area contributed by atoms with Gasteiger partial charge in [-0.25, -0.2) is 4.79 Å². The summed E-state index contributed by atoms with van der Waals surface area (Å²) >= 11 is 5.84. The summed E-state index contributed by atoms with van der Waals surface area (Å²) < 4.78 is 2.14. The number of benzene rings is 2. The zero-order valence-electron chi connectivity index (χ0n) is 12.8. The molecule has 0 aliphatic rings. The van der Waals surface area contributed by atoms with Crippen LogP contribution in [-0.4, -0.2) is 10.6 Å². The highest BCUT2D eigenvalue weighted by atomic mass is 35.5. The number of rotatable bonds is 4. The standard InChI is InChI=1S/C18H18ClN3O/c1-2-22-10-9-14-5-8-16(11-17(14)22)21-18(23)20-12-13-3-6-15(19)7-4-13/h3-11H,2,12H2,1H3,(H2,20,21,23). The average molecular weight is 328 g/mol. The molecule has 0 bridgehead atoms. The molecule has 2 amide bonds. The number of aromatic nitrogens is 1. The highest BCUT2D eigenvalue weighted by molar-refractivity contribution is 6.30. The molecule has 2 N–H and O–H groups in total. The molecule has 0 aliphatic heterocycles. The Balaban J connectivity index is 1.64. The summed E-state index contributed by atoms with van der Waals surface area (Å²) in [5.74, 6) is 0. The third-order valence-corrected chi connectivity index (χ3v) is 3.99. The van der Waals surface area contributed by atoms with Crippen molar-refractivity contribution in [2.24, 2.45) is 0 Å². The van der Waals surface area contributed by atoms with E-state index in [1.807, 2.05) is 42.5 Å². The van der Waals surface area contributed by atoms with E-state index in [2.05, 4.69) is 34.4 Å². The quantitative estimate of drug-likeness (QED) is 0.720. The molecule has 3 aromatic rings. The second-order valence-electron chi connectivity index (χ2n) is 5.31. The van der Waals surface area contributed by atoms with Crippen molar-refractivity contribution in [2.75, 3.05) is 5.32 Å². The first kappa shape index (κ1) is 15.4. The number of aryl methyl sites for hydroxylation is 1. The van der Waals surface area contributed by atoms with E-state index in [4.69, 9.17) is 11.6 Å². The van der Waals surface area contributed by atoms with Gasteiger partial charge in [-0.2, -0.15) is 0 Å². The van der Waals surface area contributed by atoms with Gasteiger partial charge in [0.15, 0.2) is 0 Å². The predicted molar refractivity (Wildman–Crippen MR) is 94.9 cm³/mol. The number of urea groups is 1. The molecule has 0 fully saturated rings. The maximum absolute atomic E-state index is 12.0. The maximum Gasteiger partial charge on any atom is 0.319 e. The van der Waals surface area contributed by atoms with Crippen molar-refractivity contribution in [3.8, 4) is 0 Å². The molecule has 2 aromatic carbocycles. The Hall–Kier alpha value is -2.46. The van der Waals surface area contributed by atoms with E-state index in [9.17, 15) is 4.79 Å². The van der Waals surface area contributed by atoms with Crippen LogP contribution in [0.2, 0.25) is 5.02 Å². The fourth-order valence-electron chi connectivity index (χ4n) is 2.50. The van der Waals surface area contributed by atoms with Gasteiger partial charge >= 0.3 is 6.03 Å². The van der Waals surface area contributed by atoms with Crippen molar-refractivity contribution in [1.82, 2.24) is 9.88 Å². The molecule has 0 radical (unpaired) electrons. The molecule has 1 aromatic heterocycles. The number of carbonyl (C=O) groups excluding carboxylic acids is 1. The number of amides is 2. The molecule has 23 heavy (non-hydrogen) atoms. The zero-order valence-corrected chi connectivity index (χ0v) is 13.6. The van der Waals surface area contributed by atoms with E-state index in [-0.39, 0.29) is 6.03 Å². The van der Waals surface area contributed by atoms with Crippen molar-refractivity contribution < 1.29 is 4.79 Å². The molecule has 0 saturated heterocycles. The molecule has 5 heteroatoms. The van der Waals surface area contributed by atoms with Gasteiger partial charge in [-0.3, -0.25) is 0 Å². The number of hydrogen-bond donors (Lipinski definition) is 2. The van der Waals surface area contributed by atoms with Gasteiger partial charge in [0.1, 0.15) is 0 Å². The van der Waals surface area contributed by atoms with Crippen LogP contribution in [0.25, 0.3) is 10.9 Å². The van der Waals surface area contributed by atoms with Crippen molar-refractivity contribution >= 4 is 34.2 Å². The topological polar surface area (TPSA) is 46.1 Å². The zero-order chi connectivity index (χ0) is 16.2. The van der Waals surface area contributed by atoms with Crippen LogP contribution >= 0.6 is 11.6 Å². The number of hydrogen-bond acceptors (Lipinski definition) is 1. The molecule has 0 saturated carbocycles. The summed E-state index contributed by atoms with van der Waals surface area (Å²) in [4.78, 5) is 12.0. The normalized spacial score (nSPS) is 10.7. The summed E-state index contributed by atoms with van der Waals surface area (Å²) in [6.45, 7) is 3.45. The van der Waals surface area contributed by atoms with Gasteiger partial charge in [-0.15, -0.1) is 0 Å². The lowest BCUT2D eigenvalue weighted by Gasteiger charge is -2.09. The predicted octanol–water partition coefficient (Wildman–Crippen LogP) is 4.64. The minimum absolute atomic E-state index is 0.228. The van der Waals surface area contributed by atoms with Crippen molar-refractivity contribution in [3.05, 3.63) is 65.3 Å². The highest BCUT2D eigenvalue weighted by Gasteiger charge is 2.05. The van der Waals surface area contributed by atoms with Gasteiger partial charge in [0.25, 0.3) is 0 Å². The smallest absolute Gasteiger partial charge is 0.319 e. The Morgan fingerprint density at radius 3 is 2.65 bits per heavy atom. The Labute approximate surface area is 140 Å². The highest BCUT2D eigenvalue weighted by Crippen LogP contribution is 2.20. The fourth-order valence-corrected chi connectivity index (χ4v) is 2.62. The number of carbonyl (C=O) groups is 1. The maximum atomic E-state index is 12.0. The van der Waals surface area contributed by atoms with Crippen LogP contribution in [0.1, 0.15) is 12.5 Å². The summed E-state index contributed by atoms with van der Waals surface area (Å²) in [5.41, 5.74) is 2.89. The van der Waals surface area contributed by atoms with Crippen LogP contribution in [0.3, 0.4) is 0 Å². The van der Waals surface area contributed by atoms with Crippen LogP contribution in [0, 0.1) is 0 Å². The molecule has 118 valence electrons. The van der Waals surface area contributed by atoms with Crippen LogP contribution < -0.4 is 10.6 Å². The van der Waals surface area contributed by atoms with Gasteiger partial charge in [0.05, 0.1) is 5.52 Å². The van der Waals surface area contributed by atoms with Crippen molar-refractivity contribution in [2.45, 2.75) is 20.0 Å². The second-order valence-corrected chi connectivity index (χ2v) is 5.75. The summed E-state index contributed by atoms with van der Waals surface area (Å²) in [7, 11) is 0. The van der Waals surface area contributed by atoms with Gasteiger partial charge < -0.3 is 15.2 Å². The first-order valence-corrected chi connectivity index (χ1v) is 7.91. The number of anilines is 1. The lowest BCUT2D eigenvalue weighted by Crippen LogP contribution is -2.28. The lowest BCUT2D eigenvalue weighted by atomic mass is 10.2. The second kappa shape index (κ2) is 6.75. The molecule has 3 rings (SSSR count). The molecular weight excluding hydrogens is 310 g/mol. The van der Waals surface area contributed by atoms with Crippen LogP contribution in [0.15, 0.2) is 54.7 Å². The fraction of sp³-hybridized carbons (Fsp3) is 0.167. The van der Waals surface area contributed by atoms with Crippen molar-refractivity contribution in [1.29, 1.82) is 0 Å². The van der Waals surface area contributed by atoms with E-state index in [1.165, 1.54) is 5.39 Å². The molecule has 0 atom stereocenters. The van der Waals surface area contributed by atoms with Crippen molar-refractivity contribution in [3.63, 3.8) is 0 Å². The van der Waals surface area contributed by atoms with Gasteiger partial charge in [0.2, 0.25) is 0 Å². The average Bonchev–Trinajstić information content (AvgIpc) is 2.96. The van der Waals surface area contributed by atoms with E-state index in [1.54, 1.807) is 0 Å². The first-order valence-electron chi connectivity index (χ1n) is 7.54. The summed E-state index contributed by atoms with van der Waals surface area (Å²) in [6, 6.07) is 15.1. The molecule has 0 aliphatic carbocycles. The van der Waals surface area contributed by atoms with Crippen LogP contribution in [-0.2, 0) is 13.1 Å². The third-order valence-electron chi connectivity index (χ3n) is 3.74. The third kappa shape index (κ3) is 3.66. The Bertz CT molecular complexity index is 824. The lowest BCUT2D eigenvalue weighted by molar-refractivity contribution is 0.251. The Kier molecular flexibility index (Phi) is 4.53. The monoisotopic (exact) mass is 327 g/mol. The van der Waals surface area contributed by atoms with E-state index < -0.39 is 0 Å². The number of nitrogens with one attached hydrogen (secondary N) is 2. The molecule has 0 spiro atoms. The van der Waals surface area contributed by atoms with Crippen LogP contribution in [0.4, 0.5) is 10.5 Å². The van der Waals surface area contributed by atoms with E-state index >= 15 is 0 Å².